The Morgan fingerprint density at radius 1 is 0.471 bits per heavy atom. The molecule has 9 aromatic carbocycles. The van der Waals surface area contributed by atoms with Crippen LogP contribution in [0.2, 0.25) is 0 Å². The molecule has 13 rings (SSSR count). The first-order valence-electron chi connectivity index (χ1n) is 24.3. The number of fused-ring (bicyclic) bond motifs is 8. The summed E-state index contributed by atoms with van der Waals surface area (Å²) in [6.07, 6.45) is 7.49. The Morgan fingerprint density at radius 2 is 1.09 bits per heavy atom. The van der Waals surface area contributed by atoms with Crippen LogP contribution in [0.5, 0.6) is 0 Å². The van der Waals surface area contributed by atoms with E-state index >= 15 is 0 Å². The lowest BCUT2D eigenvalue weighted by atomic mass is 9.67. The van der Waals surface area contributed by atoms with Crippen molar-refractivity contribution in [2.75, 3.05) is 0 Å². The Kier molecular flexibility index (Phi) is 9.86. The van der Waals surface area contributed by atoms with Gasteiger partial charge in [-0.05, 0) is 117 Å². The fourth-order valence-corrected chi connectivity index (χ4v) is 11.8. The van der Waals surface area contributed by atoms with Gasteiger partial charge in [0.25, 0.3) is 0 Å². The quantitative estimate of drug-likeness (QED) is 0.152. The van der Waals surface area contributed by atoms with Crippen molar-refractivity contribution >= 4 is 38.8 Å². The first-order chi connectivity index (χ1) is 33.7. The van der Waals surface area contributed by atoms with Gasteiger partial charge in [-0.25, -0.2) is 0 Å². The number of aromatic nitrogens is 1. The number of nitrogens with zero attached hydrogens (tertiary/aromatic N) is 2. The van der Waals surface area contributed by atoms with E-state index in [1.165, 1.54) is 83.0 Å². The summed E-state index contributed by atoms with van der Waals surface area (Å²) in [7, 11) is 0. The first kappa shape index (κ1) is 40.2. The van der Waals surface area contributed by atoms with Crippen LogP contribution in [-0.2, 0) is 5.41 Å². The molecule has 10 aromatic rings. The molecule has 68 heavy (non-hydrogen) atoms. The molecule has 2 heteroatoms. The van der Waals surface area contributed by atoms with Gasteiger partial charge in [-0.2, -0.15) is 0 Å². The van der Waals surface area contributed by atoms with E-state index in [-0.39, 0.29) is 0 Å². The minimum Gasteiger partial charge on any atom is -0.309 e. The summed E-state index contributed by atoms with van der Waals surface area (Å²) in [6, 6.07) is 85.4. The molecule has 1 aliphatic heterocycles. The minimum atomic E-state index is -0.555. The van der Waals surface area contributed by atoms with Gasteiger partial charge in [-0.1, -0.05) is 224 Å². The van der Waals surface area contributed by atoms with Crippen molar-refractivity contribution in [1.82, 2.24) is 4.57 Å². The van der Waals surface area contributed by atoms with Crippen LogP contribution in [0.15, 0.2) is 247 Å². The van der Waals surface area contributed by atoms with Gasteiger partial charge < -0.3 is 4.57 Å². The summed E-state index contributed by atoms with van der Waals surface area (Å²) in [5.74, 6) is 0.448. The Morgan fingerprint density at radius 3 is 1.84 bits per heavy atom. The maximum Gasteiger partial charge on any atom is 0.0734 e. The fourth-order valence-electron chi connectivity index (χ4n) is 11.8. The Hall–Kier alpha value is -8.07. The number of hydrogen-bond acceptors (Lipinski definition) is 1. The molecule has 2 nitrogen and oxygen atoms in total. The molecule has 0 amide bonds. The summed E-state index contributed by atoms with van der Waals surface area (Å²) in [6.45, 7) is 0. The van der Waals surface area contributed by atoms with Crippen LogP contribution in [0.3, 0.4) is 0 Å². The Bertz CT molecular complexity index is 3570. The van der Waals surface area contributed by atoms with Crippen LogP contribution in [0.1, 0.15) is 71.0 Å². The van der Waals surface area contributed by atoms with E-state index in [9.17, 15) is 0 Å². The molecule has 1 atom stereocenters. The molecule has 0 radical (unpaired) electrons. The monoisotopic (exact) mass is 870 g/mol. The fraction of sp³-hybridized carbons (Fsp3) is 0.106. The average molecular weight is 871 g/mol. The number of para-hydroxylation sites is 1. The van der Waals surface area contributed by atoms with Crippen molar-refractivity contribution in [2.24, 2.45) is 10.9 Å². The molecular formula is C66H50N2. The van der Waals surface area contributed by atoms with Crippen LogP contribution >= 0.6 is 0 Å². The summed E-state index contributed by atoms with van der Waals surface area (Å²) in [5.41, 5.74) is 22.3. The lowest BCUT2D eigenvalue weighted by Gasteiger charge is -2.34. The van der Waals surface area contributed by atoms with Crippen LogP contribution in [-0.4, -0.2) is 10.3 Å². The van der Waals surface area contributed by atoms with Crippen LogP contribution in [0.25, 0.3) is 61.0 Å². The molecule has 0 spiro atoms. The van der Waals surface area contributed by atoms with Gasteiger partial charge >= 0.3 is 0 Å². The lowest BCUT2D eigenvalue weighted by molar-refractivity contribution is 0.771. The zero-order valence-corrected chi connectivity index (χ0v) is 38.0. The van der Waals surface area contributed by atoms with Crippen molar-refractivity contribution in [1.29, 1.82) is 0 Å². The minimum absolute atomic E-state index is 0.448. The van der Waals surface area contributed by atoms with Gasteiger partial charge in [0.05, 0.1) is 22.1 Å². The maximum atomic E-state index is 5.72. The highest BCUT2D eigenvalue weighted by Gasteiger charge is 2.48. The van der Waals surface area contributed by atoms with Crippen LogP contribution < -0.4 is 0 Å². The van der Waals surface area contributed by atoms with E-state index < -0.39 is 5.41 Å². The third-order valence-corrected chi connectivity index (χ3v) is 14.9. The highest BCUT2D eigenvalue weighted by atomic mass is 15.0. The van der Waals surface area contributed by atoms with Gasteiger partial charge in [0.15, 0.2) is 0 Å². The normalized spacial score (nSPS) is 17.4. The van der Waals surface area contributed by atoms with Gasteiger partial charge in [0.2, 0.25) is 0 Å². The van der Waals surface area contributed by atoms with Crippen molar-refractivity contribution in [3.05, 3.63) is 281 Å². The molecule has 0 N–H and O–H groups in total. The summed E-state index contributed by atoms with van der Waals surface area (Å²) in [5, 5.41) is 2.51. The van der Waals surface area contributed by atoms with Crippen molar-refractivity contribution in [3.63, 3.8) is 0 Å². The first-order valence-corrected chi connectivity index (χ1v) is 24.3. The second kappa shape index (κ2) is 16.7. The summed E-state index contributed by atoms with van der Waals surface area (Å²) in [4.78, 5) is 5.72. The van der Waals surface area contributed by atoms with Crippen LogP contribution in [0.4, 0.5) is 0 Å². The zero-order valence-electron chi connectivity index (χ0n) is 38.0. The van der Waals surface area contributed by atoms with E-state index in [4.69, 9.17) is 4.99 Å². The van der Waals surface area contributed by atoms with E-state index in [0.29, 0.717) is 5.92 Å². The smallest absolute Gasteiger partial charge is 0.0734 e. The highest BCUT2D eigenvalue weighted by Crippen LogP contribution is 2.59. The molecule has 3 aliphatic rings. The number of allylic oxidation sites excluding steroid dienone is 3. The van der Waals surface area contributed by atoms with E-state index in [2.05, 4.69) is 241 Å². The molecular weight excluding hydrogens is 821 g/mol. The second-order valence-electron chi connectivity index (χ2n) is 18.8. The standard InChI is InChI=1S/C66H50N2/c1-5-20-45(21-6-1)46-36-38-47(39-37-46)54-30-14-17-34-61(48-22-7-2-8-23-48)67-62(44-50-43-59(50)54)49-24-19-29-53(42-49)68-63-35-18-15-32-56(63)58-41-40-57-55-31-13-16-33-60(55)66(64(57)65(58)68,51-25-9-3-10-26-51)52-27-11-4-12-28-52/h1-13,15-16,18-29,31-42,50H,14,17,30,43-44H2/b59-54-,61-34?,67-62?. The SMILES string of the molecule is C1=C(c2ccccc2)N=C(c2cccc(-n3c4ccccc4c4ccc5c(c43)C(c3ccccc3)(c3ccccc3)c3ccccc3-5)c2)CC2C/C2=C(/c2ccc(-c3ccccc3)cc2)CCC1. The predicted molar refractivity (Wildman–Crippen MR) is 284 cm³/mol. The third kappa shape index (κ3) is 6.66. The number of aliphatic imine (C=N–C) groups is 1. The van der Waals surface area contributed by atoms with E-state index in [0.717, 1.165) is 54.8 Å². The van der Waals surface area contributed by atoms with Gasteiger partial charge in [0.1, 0.15) is 0 Å². The number of hydrogen-bond donors (Lipinski definition) is 0. The third-order valence-electron chi connectivity index (χ3n) is 14.9. The molecule has 2 heterocycles. The zero-order chi connectivity index (χ0) is 45.0. The lowest BCUT2D eigenvalue weighted by Crippen LogP contribution is -2.29. The second-order valence-corrected chi connectivity index (χ2v) is 18.8. The number of benzene rings is 9. The van der Waals surface area contributed by atoms with Crippen molar-refractivity contribution < 1.29 is 0 Å². The number of rotatable bonds is 7. The molecule has 1 unspecified atom stereocenters. The predicted octanol–water partition coefficient (Wildman–Crippen LogP) is 16.7. The van der Waals surface area contributed by atoms with Crippen LogP contribution in [0, 0.1) is 5.92 Å². The van der Waals surface area contributed by atoms with E-state index in [1.54, 1.807) is 5.57 Å². The molecule has 1 saturated carbocycles. The van der Waals surface area contributed by atoms with Gasteiger partial charge in [-0.3, -0.25) is 4.99 Å². The summed E-state index contributed by atoms with van der Waals surface area (Å²) >= 11 is 0. The topological polar surface area (TPSA) is 17.3 Å². The molecule has 0 saturated heterocycles. The van der Waals surface area contributed by atoms with E-state index in [1.807, 2.05) is 0 Å². The molecule has 324 valence electrons. The van der Waals surface area contributed by atoms with Gasteiger partial charge in [-0.15, -0.1) is 0 Å². The Labute approximate surface area is 398 Å². The molecule has 1 aromatic heterocycles. The molecule has 0 bridgehead atoms. The molecule has 1 fully saturated rings. The Balaban J connectivity index is 0.998. The average Bonchev–Trinajstić information content (AvgIpc) is 3.99. The maximum absolute atomic E-state index is 5.72. The summed E-state index contributed by atoms with van der Waals surface area (Å²) < 4.78 is 2.57. The largest absolute Gasteiger partial charge is 0.309 e. The van der Waals surface area contributed by atoms with Crippen molar-refractivity contribution in [3.8, 4) is 27.9 Å². The molecule has 2 aliphatic carbocycles. The highest BCUT2D eigenvalue weighted by molar-refractivity contribution is 6.14. The van der Waals surface area contributed by atoms with Crippen molar-refractivity contribution in [2.45, 2.75) is 37.5 Å². The van der Waals surface area contributed by atoms with Gasteiger partial charge in [0, 0.05) is 27.7 Å².